The van der Waals surface area contributed by atoms with Gasteiger partial charge in [0.25, 0.3) is 0 Å². The number of aryl methyl sites for hydroxylation is 1. The van der Waals surface area contributed by atoms with Gasteiger partial charge in [0.2, 0.25) is 5.91 Å². The number of rotatable bonds is 3. The fraction of sp³-hybridized carbons (Fsp3) is 0.588. The smallest absolute Gasteiger partial charge is 0.242 e. The third-order valence-electron chi connectivity index (χ3n) is 4.91. The highest BCUT2D eigenvalue weighted by molar-refractivity contribution is 5.86. The van der Waals surface area contributed by atoms with Gasteiger partial charge in [-0.3, -0.25) is 4.79 Å². The summed E-state index contributed by atoms with van der Waals surface area (Å²) in [6, 6.07) is 8.43. The third kappa shape index (κ3) is 2.77. The number of benzene rings is 1. The quantitative estimate of drug-likeness (QED) is 0.922. The minimum atomic E-state index is -0.662. The molecule has 0 spiro atoms. The van der Waals surface area contributed by atoms with Gasteiger partial charge in [-0.25, -0.2) is 0 Å². The highest BCUT2D eigenvalue weighted by Gasteiger charge is 2.46. The Kier molecular flexibility index (Phi) is 3.66. The molecule has 2 N–H and O–H groups in total. The van der Waals surface area contributed by atoms with Crippen molar-refractivity contribution in [3.05, 3.63) is 29.8 Å². The Morgan fingerprint density at radius 3 is 2.38 bits per heavy atom. The summed E-state index contributed by atoms with van der Waals surface area (Å²) in [5.41, 5.74) is 8.17. The Labute approximate surface area is 126 Å². The van der Waals surface area contributed by atoms with Crippen molar-refractivity contribution in [2.24, 2.45) is 11.7 Å². The average molecular weight is 287 g/mol. The Bertz CT molecular complexity index is 529. The molecule has 1 unspecified atom stereocenters. The van der Waals surface area contributed by atoms with Gasteiger partial charge >= 0.3 is 0 Å². The molecule has 4 heteroatoms. The van der Waals surface area contributed by atoms with Gasteiger partial charge in [0.05, 0.1) is 5.54 Å². The molecular formula is C17H25N3O. The number of para-hydroxylation sites is 1. The monoisotopic (exact) mass is 287 g/mol. The zero-order valence-corrected chi connectivity index (χ0v) is 13.0. The van der Waals surface area contributed by atoms with Crippen molar-refractivity contribution < 1.29 is 4.79 Å². The van der Waals surface area contributed by atoms with Gasteiger partial charge in [-0.05, 0) is 44.2 Å². The van der Waals surface area contributed by atoms with Crippen LogP contribution in [0.15, 0.2) is 24.3 Å². The number of anilines is 1. The predicted octanol–water partition coefficient (Wildman–Crippen LogP) is 1.77. The number of piperazine rings is 1. The van der Waals surface area contributed by atoms with Crippen LogP contribution in [0, 0.1) is 12.8 Å². The highest BCUT2D eigenvalue weighted by Crippen LogP contribution is 2.39. The lowest BCUT2D eigenvalue weighted by Crippen LogP contribution is -2.59. The van der Waals surface area contributed by atoms with Crippen LogP contribution in [0.2, 0.25) is 0 Å². The Morgan fingerprint density at radius 2 is 1.81 bits per heavy atom. The minimum Gasteiger partial charge on any atom is -0.368 e. The van der Waals surface area contributed by atoms with Crippen molar-refractivity contribution in [3.63, 3.8) is 0 Å². The van der Waals surface area contributed by atoms with Crippen molar-refractivity contribution >= 4 is 11.6 Å². The van der Waals surface area contributed by atoms with Crippen molar-refractivity contribution in [3.8, 4) is 0 Å². The molecule has 0 radical (unpaired) electrons. The third-order valence-corrected chi connectivity index (χ3v) is 4.91. The maximum absolute atomic E-state index is 12.6. The second-order valence-corrected chi connectivity index (χ2v) is 6.62. The van der Waals surface area contributed by atoms with Crippen LogP contribution >= 0.6 is 0 Å². The molecule has 3 rings (SSSR count). The minimum absolute atomic E-state index is 0.134. The number of carbonyl (C=O) groups excluding carboxylic acids is 1. The standard InChI is InChI=1S/C17H25N3O/c1-13-5-3-4-6-15(13)19-9-11-20(12-10-19)16(21)17(2,18)14-7-8-14/h3-6,14H,7-12,18H2,1-2H3. The first kappa shape index (κ1) is 14.4. The van der Waals surface area contributed by atoms with Crippen LogP contribution in [0.5, 0.6) is 0 Å². The highest BCUT2D eigenvalue weighted by atomic mass is 16.2. The van der Waals surface area contributed by atoms with E-state index >= 15 is 0 Å². The Hall–Kier alpha value is -1.55. The van der Waals surface area contributed by atoms with Crippen LogP contribution in [-0.2, 0) is 4.79 Å². The molecule has 2 fully saturated rings. The van der Waals surface area contributed by atoms with Crippen LogP contribution in [0.3, 0.4) is 0 Å². The van der Waals surface area contributed by atoms with E-state index < -0.39 is 5.54 Å². The van der Waals surface area contributed by atoms with Crippen LogP contribution < -0.4 is 10.6 Å². The molecular weight excluding hydrogens is 262 g/mol. The fourth-order valence-corrected chi connectivity index (χ4v) is 3.27. The van der Waals surface area contributed by atoms with Gasteiger partial charge < -0.3 is 15.5 Å². The van der Waals surface area contributed by atoms with Gasteiger partial charge in [-0.2, -0.15) is 0 Å². The summed E-state index contributed by atoms with van der Waals surface area (Å²) in [7, 11) is 0. The number of hydrogen-bond donors (Lipinski definition) is 1. The summed E-state index contributed by atoms with van der Waals surface area (Å²) < 4.78 is 0. The second-order valence-electron chi connectivity index (χ2n) is 6.62. The lowest BCUT2D eigenvalue weighted by molar-refractivity contribution is -0.137. The summed E-state index contributed by atoms with van der Waals surface area (Å²) in [6.45, 7) is 7.35. The molecule has 1 amide bonds. The molecule has 1 atom stereocenters. The maximum atomic E-state index is 12.6. The van der Waals surface area contributed by atoms with Crippen LogP contribution in [0.4, 0.5) is 5.69 Å². The molecule has 1 saturated heterocycles. The summed E-state index contributed by atoms with van der Waals surface area (Å²) >= 11 is 0. The van der Waals surface area contributed by atoms with Crippen LogP contribution in [-0.4, -0.2) is 42.5 Å². The van der Waals surface area contributed by atoms with E-state index in [1.54, 1.807) is 0 Å². The molecule has 1 aliphatic heterocycles. The summed E-state index contributed by atoms with van der Waals surface area (Å²) in [6.07, 6.45) is 2.20. The Morgan fingerprint density at radius 1 is 1.19 bits per heavy atom. The van der Waals surface area contributed by atoms with Gasteiger partial charge in [0, 0.05) is 31.9 Å². The van der Waals surface area contributed by atoms with Crippen molar-refractivity contribution in [1.82, 2.24) is 4.90 Å². The summed E-state index contributed by atoms with van der Waals surface area (Å²) in [4.78, 5) is 16.9. The zero-order chi connectivity index (χ0) is 15.0. The van der Waals surface area contributed by atoms with E-state index in [-0.39, 0.29) is 5.91 Å². The second kappa shape index (κ2) is 5.34. The molecule has 4 nitrogen and oxygen atoms in total. The number of nitrogens with zero attached hydrogens (tertiary/aromatic N) is 2. The lowest BCUT2D eigenvalue weighted by atomic mass is 9.95. The zero-order valence-electron chi connectivity index (χ0n) is 13.0. The summed E-state index contributed by atoms with van der Waals surface area (Å²) in [5, 5.41) is 0. The first-order chi connectivity index (χ1) is 10.00. The molecule has 1 heterocycles. The summed E-state index contributed by atoms with van der Waals surface area (Å²) in [5.74, 6) is 0.522. The van der Waals surface area contributed by atoms with Crippen molar-refractivity contribution in [2.45, 2.75) is 32.2 Å². The molecule has 1 saturated carbocycles. The van der Waals surface area contributed by atoms with Crippen LogP contribution in [0.25, 0.3) is 0 Å². The van der Waals surface area contributed by atoms with E-state index in [2.05, 4.69) is 36.1 Å². The van der Waals surface area contributed by atoms with Gasteiger partial charge in [-0.1, -0.05) is 18.2 Å². The molecule has 1 aliphatic carbocycles. The molecule has 21 heavy (non-hydrogen) atoms. The van der Waals surface area contributed by atoms with E-state index in [0.29, 0.717) is 5.92 Å². The maximum Gasteiger partial charge on any atom is 0.242 e. The first-order valence-electron chi connectivity index (χ1n) is 7.89. The number of nitrogens with two attached hydrogens (primary N) is 1. The average Bonchev–Trinajstić information content (AvgIpc) is 3.32. The van der Waals surface area contributed by atoms with Gasteiger partial charge in [0.15, 0.2) is 0 Å². The molecule has 0 bridgehead atoms. The van der Waals surface area contributed by atoms with Crippen molar-refractivity contribution in [1.29, 1.82) is 0 Å². The fourth-order valence-electron chi connectivity index (χ4n) is 3.27. The van der Waals surface area contributed by atoms with Gasteiger partial charge in [-0.15, -0.1) is 0 Å². The number of carbonyl (C=O) groups is 1. The molecule has 2 aliphatic rings. The normalized spacial score (nSPS) is 22.0. The van der Waals surface area contributed by atoms with E-state index in [1.165, 1.54) is 11.3 Å². The Balaban J connectivity index is 1.63. The molecule has 114 valence electrons. The topological polar surface area (TPSA) is 49.6 Å². The number of hydrogen-bond acceptors (Lipinski definition) is 3. The van der Waals surface area contributed by atoms with E-state index in [4.69, 9.17) is 5.73 Å². The number of amides is 1. The van der Waals surface area contributed by atoms with Crippen LogP contribution in [0.1, 0.15) is 25.3 Å². The molecule has 1 aromatic rings. The van der Waals surface area contributed by atoms with E-state index in [1.807, 2.05) is 11.8 Å². The lowest BCUT2D eigenvalue weighted by Gasteiger charge is -2.40. The molecule has 0 aromatic heterocycles. The largest absolute Gasteiger partial charge is 0.368 e. The predicted molar refractivity (Wildman–Crippen MR) is 85.3 cm³/mol. The van der Waals surface area contributed by atoms with E-state index in [9.17, 15) is 4.79 Å². The van der Waals surface area contributed by atoms with E-state index in [0.717, 1.165) is 39.0 Å². The first-order valence-corrected chi connectivity index (χ1v) is 7.89. The SMILES string of the molecule is Cc1ccccc1N1CCN(C(=O)C(C)(N)C2CC2)CC1. The van der Waals surface area contributed by atoms with Gasteiger partial charge in [0.1, 0.15) is 0 Å². The molecule has 1 aromatic carbocycles. The van der Waals surface area contributed by atoms with Crippen molar-refractivity contribution in [2.75, 3.05) is 31.1 Å².